The van der Waals surface area contributed by atoms with E-state index in [0.29, 0.717) is 19.4 Å². The topological polar surface area (TPSA) is 86.8 Å². The number of sulfonamides is 1. The summed E-state index contributed by atoms with van der Waals surface area (Å²) in [4.78, 5) is 28.7. The Kier molecular flexibility index (Phi) is 10.6. The van der Waals surface area contributed by atoms with E-state index in [0.717, 1.165) is 16.7 Å². The standard InChI is InChI=1S/C30H37N3O4S/c1-4-31-30(35)28(22-25-14-7-5-8-15-25)33(23-26-16-11-13-24(2)21-26)29(34)19-12-20-32(3)38(36,37)27-17-9-6-10-18-27/h5-11,13-18,21,28H,4,12,19-20,22-23H2,1-3H3,(H,31,35)/t28-/m1/s1. The van der Waals surface area contributed by atoms with Gasteiger partial charge in [-0.25, -0.2) is 12.7 Å². The molecule has 7 nitrogen and oxygen atoms in total. The lowest BCUT2D eigenvalue weighted by Gasteiger charge is -2.32. The van der Waals surface area contributed by atoms with Crippen LogP contribution in [0.1, 0.15) is 36.5 Å². The Morgan fingerprint density at radius 2 is 1.53 bits per heavy atom. The third-order valence-electron chi connectivity index (χ3n) is 6.37. The van der Waals surface area contributed by atoms with Gasteiger partial charge in [-0.2, -0.15) is 0 Å². The second-order valence-corrected chi connectivity index (χ2v) is 11.4. The number of amides is 2. The van der Waals surface area contributed by atoms with Crippen LogP contribution in [0.5, 0.6) is 0 Å². The number of benzene rings is 3. The summed E-state index contributed by atoms with van der Waals surface area (Å²) in [5, 5.41) is 2.89. The van der Waals surface area contributed by atoms with Gasteiger partial charge in [-0.1, -0.05) is 78.4 Å². The molecule has 3 aromatic carbocycles. The Bertz CT molecular complexity index is 1300. The van der Waals surface area contributed by atoms with Crippen molar-refractivity contribution in [1.82, 2.24) is 14.5 Å². The molecule has 0 fully saturated rings. The first-order chi connectivity index (χ1) is 18.2. The zero-order valence-corrected chi connectivity index (χ0v) is 23.2. The van der Waals surface area contributed by atoms with Crippen LogP contribution in [0.2, 0.25) is 0 Å². The van der Waals surface area contributed by atoms with Crippen molar-refractivity contribution in [1.29, 1.82) is 0 Å². The minimum atomic E-state index is -3.64. The molecule has 0 aliphatic carbocycles. The maximum absolute atomic E-state index is 13.7. The number of rotatable bonds is 13. The molecule has 0 spiro atoms. The molecule has 0 aliphatic heterocycles. The zero-order chi connectivity index (χ0) is 27.5. The first-order valence-corrected chi connectivity index (χ1v) is 14.3. The van der Waals surface area contributed by atoms with Gasteiger partial charge < -0.3 is 10.2 Å². The molecule has 0 unspecified atom stereocenters. The van der Waals surface area contributed by atoms with Gasteiger partial charge in [0.1, 0.15) is 6.04 Å². The molecule has 3 rings (SSSR count). The van der Waals surface area contributed by atoms with Crippen LogP contribution in [0.15, 0.2) is 89.8 Å². The van der Waals surface area contributed by atoms with Crippen LogP contribution >= 0.6 is 0 Å². The van der Waals surface area contributed by atoms with Crippen molar-refractivity contribution >= 4 is 21.8 Å². The highest BCUT2D eigenvalue weighted by Crippen LogP contribution is 2.18. The molecule has 3 aromatic rings. The molecule has 8 heteroatoms. The van der Waals surface area contributed by atoms with Gasteiger partial charge in [-0.05, 0) is 43.5 Å². The van der Waals surface area contributed by atoms with Crippen molar-refractivity contribution in [3.05, 3.63) is 102 Å². The summed E-state index contributed by atoms with van der Waals surface area (Å²) in [7, 11) is -2.13. The van der Waals surface area contributed by atoms with Crippen LogP contribution in [0.3, 0.4) is 0 Å². The van der Waals surface area contributed by atoms with Crippen molar-refractivity contribution in [2.24, 2.45) is 0 Å². The molecule has 1 atom stereocenters. The number of likely N-dealkylation sites (N-methyl/N-ethyl adjacent to an activating group) is 1. The number of carbonyl (C=O) groups excluding carboxylic acids is 2. The van der Waals surface area contributed by atoms with E-state index in [1.165, 1.54) is 11.4 Å². The van der Waals surface area contributed by atoms with E-state index in [1.807, 2.05) is 68.4 Å². The van der Waals surface area contributed by atoms with E-state index >= 15 is 0 Å². The third kappa shape index (κ3) is 8.00. The molecular formula is C30H37N3O4S. The second-order valence-electron chi connectivity index (χ2n) is 9.35. The first kappa shape index (κ1) is 29.1. The Morgan fingerprint density at radius 1 is 0.895 bits per heavy atom. The molecular weight excluding hydrogens is 498 g/mol. The molecule has 0 saturated carbocycles. The van der Waals surface area contributed by atoms with Gasteiger partial charge in [-0.3, -0.25) is 9.59 Å². The van der Waals surface area contributed by atoms with Crippen LogP contribution in [0, 0.1) is 6.92 Å². The van der Waals surface area contributed by atoms with Crippen molar-refractivity contribution < 1.29 is 18.0 Å². The maximum atomic E-state index is 13.7. The minimum Gasteiger partial charge on any atom is -0.355 e. The van der Waals surface area contributed by atoms with Gasteiger partial charge in [0.25, 0.3) is 0 Å². The summed E-state index contributed by atoms with van der Waals surface area (Å²) in [5.74, 6) is -0.398. The lowest BCUT2D eigenvalue weighted by molar-refractivity contribution is -0.141. The number of aryl methyl sites for hydroxylation is 1. The first-order valence-electron chi connectivity index (χ1n) is 12.9. The van der Waals surface area contributed by atoms with E-state index in [4.69, 9.17) is 0 Å². The highest BCUT2D eigenvalue weighted by atomic mass is 32.2. The summed E-state index contributed by atoms with van der Waals surface area (Å²) in [5.41, 5.74) is 2.96. The largest absolute Gasteiger partial charge is 0.355 e. The molecule has 0 aliphatic rings. The Morgan fingerprint density at radius 3 is 2.16 bits per heavy atom. The van der Waals surface area contributed by atoms with E-state index in [2.05, 4.69) is 5.32 Å². The average Bonchev–Trinajstić information content (AvgIpc) is 2.91. The minimum absolute atomic E-state index is 0.116. The molecule has 2 amide bonds. The highest BCUT2D eigenvalue weighted by molar-refractivity contribution is 7.89. The van der Waals surface area contributed by atoms with Crippen molar-refractivity contribution in [3.63, 3.8) is 0 Å². The Hall–Kier alpha value is -3.49. The lowest BCUT2D eigenvalue weighted by Crippen LogP contribution is -2.50. The summed E-state index contributed by atoms with van der Waals surface area (Å²) in [6, 6.07) is 25.1. The van der Waals surface area contributed by atoms with Crippen LogP contribution in [-0.4, -0.2) is 55.6 Å². The molecule has 202 valence electrons. The van der Waals surface area contributed by atoms with E-state index < -0.39 is 16.1 Å². The van der Waals surface area contributed by atoms with E-state index in [-0.39, 0.29) is 36.2 Å². The summed E-state index contributed by atoms with van der Waals surface area (Å²) in [6.07, 6.45) is 0.830. The molecule has 0 saturated heterocycles. The zero-order valence-electron chi connectivity index (χ0n) is 22.3. The van der Waals surface area contributed by atoms with E-state index in [1.54, 1.807) is 35.2 Å². The SMILES string of the molecule is CCNC(=O)[C@@H](Cc1ccccc1)N(Cc1cccc(C)c1)C(=O)CCCN(C)S(=O)(=O)c1ccccc1. The van der Waals surface area contributed by atoms with Crippen molar-refractivity contribution in [3.8, 4) is 0 Å². The summed E-state index contributed by atoms with van der Waals surface area (Å²) < 4.78 is 27.0. The molecule has 0 radical (unpaired) electrons. The number of nitrogens with one attached hydrogen (secondary N) is 1. The average molecular weight is 536 g/mol. The molecule has 0 bridgehead atoms. The maximum Gasteiger partial charge on any atom is 0.243 e. The third-order valence-corrected chi connectivity index (χ3v) is 8.24. The smallest absolute Gasteiger partial charge is 0.243 e. The van der Waals surface area contributed by atoms with E-state index in [9.17, 15) is 18.0 Å². The van der Waals surface area contributed by atoms with Gasteiger partial charge >= 0.3 is 0 Å². The quantitative estimate of drug-likeness (QED) is 0.356. The number of carbonyl (C=O) groups is 2. The van der Waals surface area contributed by atoms with Crippen LogP contribution in [0.25, 0.3) is 0 Å². The number of nitrogens with zero attached hydrogens (tertiary/aromatic N) is 2. The predicted molar refractivity (Wildman–Crippen MR) is 150 cm³/mol. The Balaban J connectivity index is 1.80. The van der Waals surface area contributed by atoms with Crippen molar-refractivity contribution in [2.45, 2.75) is 50.6 Å². The summed E-state index contributed by atoms with van der Waals surface area (Å²) in [6.45, 7) is 4.77. The van der Waals surface area contributed by atoms with Gasteiger partial charge in [0.15, 0.2) is 0 Å². The van der Waals surface area contributed by atoms with Crippen molar-refractivity contribution in [2.75, 3.05) is 20.1 Å². The van der Waals surface area contributed by atoms with Crippen LogP contribution in [0.4, 0.5) is 0 Å². The fraction of sp³-hybridized carbons (Fsp3) is 0.333. The van der Waals surface area contributed by atoms with Gasteiger partial charge in [0.05, 0.1) is 4.90 Å². The van der Waals surface area contributed by atoms with Crippen LogP contribution in [-0.2, 0) is 32.6 Å². The molecule has 38 heavy (non-hydrogen) atoms. The normalized spacial score (nSPS) is 12.2. The molecule has 1 N–H and O–H groups in total. The second kappa shape index (κ2) is 13.9. The fourth-order valence-electron chi connectivity index (χ4n) is 4.34. The van der Waals surface area contributed by atoms with Gasteiger partial charge in [0.2, 0.25) is 21.8 Å². The summed E-state index contributed by atoms with van der Waals surface area (Å²) >= 11 is 0. The number of hydrogen-bond acceptors (Lipinski definition) is 4. The predicted octanol–water partition coefficient (Wildman–Crippen LogP) is 4.17. The van der Waals surface area contributed by atoms with Gasteiger partial charge in [0, 0.05) is 39.5 Å². The van der Waals surface area contributed by atoms with Crippen LogP contribution < -0.4 is 5.32 Å². The molecule has 0 heterocycles. The van der Waals surface area contributed by atoms with Gasteiger partial charge in [-0.15, -0.1) is 0 Å². The lowest BCUT2D eigenvalue weighted by atomic mass is 10.0. The highest BCUT2D eigenvalue weighted by Gasteiger charge is 2.30. The number of hydrogen-bond donors (Lipinski definition) is 1. The molecule has 0 aromatic heterocycles. The fourth-order valence-corrected chi connectivity index (χ4v) is 5.57. The Labute approximate surface area is 226 Å². The monoisotopic (exact) mass is 535 g/mol.